The summed E-state index contributed by atoms with van der Waals surface area (Å²) in [6.45, 7) is 3.74. The number of rotatable bonds is 5. The lowest BCUT2D eigenvalue weighted by atomic mass is 10.2. The van der Waals surface area contributed by atoms with Crippen molar-refractivity contribution in [2.45, 2.75) is 32.4 Å². The summed E-state index contributed by atoms with van der Waals surface area (Å²) in [6, 6.07) is 0.575. The van der Waals surface area contributed by atoms with E-state index in [2.05, 4.69) is 17.2 Å². The molecule has 1 fully saturated rings. The summed E-state index contributed by atoms with van der Waals surface area (Å²) in [4.78, 5) is 15.7. The van der Waals surface area contributed by atoms with E-state index in [1.165, 1.54) is 12.8 Å². The standard InChI is InChI=1S/C11H16IN3O/c1-8(9-2-3-9)14-4-5-15-7-13-6-10(12)11(15)16/h6-9,14H,2-5H2,1H3. The summed E-state index contributed by atoms with van der Waals surface area (Å²) in [6.07, 6.45) is 5.89. The Hall–Kier alpha value is -0.430. The maximum absolute atomic E-state index is 11.7. The van der Waals surface area contributed by atoms with E-state index >= 15 is 0 Å². The monoisotopic (exact) mass is 333 g/mol. The predicted molar refractivity (Wildman–Crippen MR) is 71.4 cm³/mol. The van der Waals surface area contributed by atoms with Crippen LogP contribution in [0.25, 0.3) is 0 Å². The zero-order chi connectivity index (χ0) is 11.5. The van der Waals surface area contributed by atoms with Gasteiger partial charge in [-0.25, -0.2) is 4.98 Å². The molecular formula is C11H16IN3O. The highest BCUT2D eigenvalue weighted by atomic mass is 127. The fourth-order valence-corrected chi connectivity index (χ4v) is 2.23. The van der Waals surface area contributed by atoms with Gasteiger partial charge in [0.15, 0.2) is 0 Å². The van der Waals surface area contributed by atoms with Crippen LogP contribution in [0.3, 0.4) is 0 Å². The molecule has 2 rings (SSSR count). The van der Waals surface area contributed by atoms with Crippen LogP contribution < -0.4 is 10.9 Å². The van der Waals surface area contributed by atoms with Crippen LogP contribution in [0, 0.1) is 9.49 Å². The maximum atomic E-state index is 11.7. The van der Waals surface area contributed by atoms with Crippen molar-refractivity contribution in [3.63, 3.8) is 0 Å². The minimum absolute atomic E-state index is 0.0523. The van der Waals surface area contributed by atoms with Crippen molar-refractivity contribution in [2.75, 3.05) is 6.54 Å². The van der Waals surface area contributed by atoms with Gasteiger partial charge in [-0.3, -0.25) is 9.36 Å². The third-order valence-corrected chi connectivity index (χ3v) is 3.75. The third kappa shape index (κ3) is 3.04. The van der Waals surface area contributed by atoms with Crippen molar-refractivity contribution < 1.29 is 0 Å². The van der Waals surface area contributed by atoms with Gasteiger partial charge in [0, 0.05) is 25.3 Å². The quantitative estimate of drug-likeness (QED) is 0.825. The number of aromatic nitrogens is 2. The predicted octanol–water partition coefficient (Wildman–Crippen LogP) is 1.24. The number of nitrogens with one attached hydrogen (secondary N) is 1. The van der Waals surface area contributed by atoms with Gasteiger partial charge in [0.1, 0.15) is 0 Å². The molecule has 0 bridgehead atoms. The Morgan fingerprint density at radius 3 is 3.12 bits per heavy atom. The van der Waals surface area contributed by atoms with E-state index in [-0.39, 0.29) is 5.56 Å². The molecule has 1 heterocycles. The first kappa shape index (κ1) is 12.0. The zero-order valence-corrected chi connectivity index (χ0v) is 11.5. The van der Waals surface area contributed by atoms with E-state index in [1.807, 2.05) is 22.6 Å². The number of halogens is 1. The van der Waals surface area contributed by atoms with Crippen LogP contribution in [0.5, 0.6) is 0 Å². The van der Waals surface area contributed by atoms with Crippen molar-refractivity contribution in [3.05, 3.63) is 26.4 Å². The summed E-state index contributed by atoms with van der Waals surface area (Å²) in [5, 5.41) is 3.45. The Morgan fingerprint density at radius 2 is 2.44 bits per heavy atom. The van der Waals surface area contributed by atoms with Crippen LogP contribution in [-0.2, 0) is 6.54 Å². The number of nitrogens with zero attached hydrogens (tertiary/aromatic N) is 2. The lowest BCUT2D eigenvalue weighted by Gasteiger charge is -2.13. The fourth-order valence-electron chi connectivity index (χ4n) is 1.76. The summed E-state index contributed by atoms with van der Waals surface area (Å²) >= 11 is 2.02. The van der Waals surface area contributed by atoms with Gasteiger partial charge in [-0.15, -0.1) is 0 Å². The highest BCUT2D eigenvalue weighted by Crippen LogP contribution is 2.32. The molecule has 0 radical (unpaired) electrons. The van der Waals surface area contributed by atoms with Crippen molar-refractivity contribution in [1.29, 1.82) is 0 Å². The molecule has 1 aromatic rings. The first-order chi connectivity index (χ1) is 7.68. The van der Waals surface area contributed by atoms with Gasteiger partial charge in [0.25, 0.3) is 5.56 Å². The average molecular weight is 333 g/mol. The second-order valence-electron chi connectivity index (χ2n) is 4.32. The topological polar surface area (TPSA) is 46.9 Å². The van der Waals surface area contributed by atoms with Crippen LogP contribution in [0.1, 0.15) is 19.8 Å². The molecule has 1 unspecified atom stereocenters. The van der Waals surface area contributed by atoms with Gasteiger partial charge in [0.2, 0.25) is 0 Å². The van der Waals surface area contributed by atoms with Crippen LogP contribution in [0.2, 0.25) is 0 Å². The van der Waals surface area contributed by atoms with Crippen molar-refractivity contribution >= 4 is 22.6 Å². The Kier molecular flexibility index (Phi) is 3.96. The molecule has 0 aromatic carbocycles. The fraction of sp³-hybridized carbons (Fsp3) is 0.636. The lowest BCUT2D eigenvalue weighted by Crippen LogP contribution is -2.33. The van der Waals surface area contributed by atoms with E-state index in [4.69, 9.17) is 0 Å². The molecular weight excluding hydrogens is 317 g/mol. The molecule has 1 atom stereocenters. The Bertz CT molecular complexity index is 414. The summed E-state index contributed by atoms with van der Waals surface area (Å²) in [7, 11) is 0. The molecule has 0 saturated heterocycles. The molecule has 4 nitrogen and oxygen atoms in total. The molecule has 5 heteroatoms. The Labute approximate surface area is 109 Å². The third-order valence-electron chi connectivity index (χ3n) is 3.01. The molecule has 1 N–H and O–H groups in total. The van der Waals surface area contributed by atoms with E-state index in [1.54, 1.807) is 17.1 Å². The van der Waals surface area contributed by atoms with Crippen LogP contribution in [0.4, 0.5) is 0 Å². The van der Waals surface area contributed by atoms with Gasteiger partial charge >= 0.3 is 0 Å². The van der Waals surface area contributed by atoms with Crippen LogP contribution >= 0.6 is 22.6 Å². The molecule has 0 aliphatic heterocycles. The van der Waals surface area contributed by atoms with Crippen LogP contribution in [-0.4, -0.2) is 22.1 Å². The van der Waals surface area contributed by atoms with Gasteiger partial charge in [-0.2, -0.15) is 0 Å². The average Bonchev–Trinajstić information content (AvgIpc) is 3.07. The molecule has 1 aromatic heterocycles. The lowest BCUT2D eigenvalue weighted by molar-refractivity contribution is 0.470. The normalized spacial score (nSPS) is 17.4. The zero-order valence-electron chi connectivity index (χ0n) is 9.32. The van der Waals surface area contributed by atoms with Crippen molar-refractivity contribution in [1.82, 2.24) is 14.9 Å². The summed E-state index contributed by atoms with van der Waals surface area (Å²) < 4.78 is 2.34. The molecule has 16 heavy (non-hydrogen) atoms. The molecule has 0 amide bonds. The first-order valence-electron chi connectivity index (χ1n) is 5.62. The second-order valence-corrected chi connectivity index (χ2v) is 5.48. The number of hydrogen-bond donors (Lipinski definition) is 1. The molecule has 0 spiro atoms. The van der Waals surface area contributed by atoms with Gasteiger partial charge in [-0.1, -0.05) is 0 Å². The SMILES string of the molecule is CC(NCCn1cncc(I)c1=O)C1CC1. The second kappa shape index (κ2) is 5.27. The number of hydrogen-bond acceptors (Lipinski definition) is 3. The van der Waals surface area contributed by atoms with E-state index in [0.717, 1.165) is 12.5 Å². The summed E-state index contributed by atoms with van der Waals surface area (Å²) in [5.41, 5.74) is 0.0523. The molecule has 88 valence electrons. The van der Waals surface area contributed by atoms with Gasteiger partial charge in [0.05, 0.1) is 9.90 Å². The van der Waals surface area contributed by atoms with Gasteiger partial charge < -0.3 is 5.32 Å². The van der Waals surface area contributed by atoms with Crippen LogP contribution in [0.15, 0.2) is 17.3 Å². The minimum Gasteiger partial charge on any atom is -0.312 e. The van der Waals surface area contributed by atoms with Crippen molar-refractivity contribution in [3.8, 4) is 0 Å². The minimum atomic E-state index is 0.0523. The highest BCUT2D eigenvalue weighted by molar-refractivity contribution is 14.1. The molecule has 1 saturated carbocycles. The maximum Gasteiger partial charge on any atom is 0.266 e. The largest absolute Gasteiger partial charge is 0.312 e. The van der Waals surface area contributed by atoms with E-state index in [9.17, 15) is 4.79 Å². The van der Waals surface area contributed by atoms with Crippen molar-refractivity contribution in [2.24, 2.45) is 5.92 Å². The molecule has 1 aliphatic carbocycles. The Morgan fingerprint density at radius 1 is 1.69 bits per heavy atom. The van der Waals surface area contributed by atoms with E-state index < -0.39 is 0 Å². The Balaban J connectivity index is 1.84. The smallest absolute Gasteiger partial charge is 0.266 e. The van der Waals surface area contributed by atoms with Gasteiger partial charge in [-0.05, 0) is 48.3 Å². The highest BCUT2D eigenvalue weighted by Gasteiger charge is 2.27. The molecule has 1 aliphatic rings. The van der Waals surface area contributed by atoms with E-state index in [0.29, 0.717) is 16.2 Å². The first-order valence-corrected chi connectivity index (χ1v) is 6.69. The summed E-state index contributed by atoms with van der Waals surface area (Å²) in [5.74, 6) is 0.853.